The monoisotopic (exact) mass is 473 g/mol. The van der Waals surface area contributed by atoms with Gasteiger partial charge in [0.25, 0.3) is 5.91 Å². The summed E-state index contributed by atoms with van der Waals surface area (Å²) >= 11 is 1.69. The minimum Gasteiger partial charge on any atom is -0.342 e. The highest BCUT2D eigenvalue weighted by Gasteiger charge is 2.26. The Morgan fingerprint density at radius 3 is 2.56 bits per heavy atom. The summed E-state index contributed by atoms with van der Waals surface area (Å²) in [5, 5.41) is 11.5. The molecule has 4 rings (SSSR count). The molecule has 2 aromatic heterocycles. The molecule has 1 fully saturated rings. The molecule has 3 heterocycles. The molecule has 0 spiro atoms. The maximum Gasteiger partial charge on any atom is 0.251 e. The van der Waals surface area contributed by atoms with Gasteiger partial charge < -0.3 is 5.32 Å². The summed E-state index contributed by atoms with van der Waals surface area (Å²) in [5.74, 6) is 1.25. The second kappa shape index (κ2) is 10.0. The average molecular weight is 474 g/mol. The number of thioether (sulfide) groups is 1. The fourth-order valence-corrected chi connectivity index (χ4v) is 5.86. The van der Waals surface area contributed by atoms with Crippen LogP contribution in [0.1, 0.15) is 47.9 Å². The fourth-order valence-electron chi connectivity index (χ4n) is 3.87. The van der Waals surface area contributed by atoms with E-state index in [0.717, 1.165) is 30.7 Å². The van der Waals surface area contributed by atoms with Crippen LogP contribution in [0.5, 0.6) is 0 Å². The third-order valence-corrected chi connectivity index (χ3v) is 8.19. The number of rotatable bonds is 8. The highest BCUT2D eigenvalue weighted by Crippen LogP contribution is 2.22. The van der Waals surface area contributed by atoms with Gasteiger partial charge in [-0.1, -0.05) is 12.5 Å². The van der Waals surface area contributed by atoms with Gasteiger partial charge in [0.2, 0.25) is 10.0 Å². The van der Waals surface area contributed by atoms with Crippen molar-refractivity contribution in [3.63, 3.8) is 0 Å². The van der Waals surface area contributed by atoms with Crippen molar-refractivity contribution in [3.05, 3.63) is 60.0 Å². The molecule has 1 aliphatic heterocycles. The molecule has 8 nitrogen and oxygen atoms in total. The van der Waals surface area contributed by atoms with Crippen molar-refractivity contribution in [2.45, 2.75) is 36.6 Å². The third kappa shape index (κ3) is 4.82. The molecule has 32 heavy (non-hydrogen) atoms. The zero-order valence-electron chi connectivity index (χ0n) is 18.0. The number of pyridine rings is 1. The van der Waals surface area contributed by atoms with E-state index in [2.05, 4.69) is 15.5 Å². The molecule has 1 atom stereocenters. The number of nitrogens with zero attached hydrogens (tertiary/aromatic N) is 4. The fraction of sp³-hybridized carbons (Fsp3) is 0.409. The van der Waals surface area contributed by atoms with Crippen molar-refractivity contribution in [2.24, 2.45) is 0 Å². The summed E-state index contributed by atoms with van der Waals surface area (Å²) in [7, 11) is -3.52. The molecule has 1 N–H and O–H groups in total. The summed E-state index contributed by atoms with van der Waals surface area (Å²) < 4.78 is 29.1. The number of benzene rings is 1. The normalized spacial score (nSPS) is 16.2. The number of fused-ring (bicyclic) bond motifs is 1. The number of hydrogen-bond acceptors (Lipinski definition) is 6. The van der Waals surface area contributed by atoms with Gasteiger partial charge in [-0.2, -0.15) is 16.1 Å². The first-order valence-corrected chi connectivity index (χ1v) is 13.5. The Hall–Kier alpha value is -2.43. The quantitative estimate of drug-likeness (QED) is 0.540. The lowest BCUT2D eigenvalue weighted by molar-refractivity contribution is 0.0933. The predicted molar refractivity (Wildman–Crippen MR) is 125 cm³/mol. The van der Waals surface area contributed by atoms with E-state index < -0.39 is 10.0 Å². The highest BCUT2D eigenvalue weighted by molar-refractivity contribution is 7.98. The van der Waals surface area contributed by atoms with E-state index in [0.29, 0.717) is 30.9 Å². The SMILES string of the molecule is CSCC[C@@H](NC(=O)c1ccc(S(=O)(=O)N2CCCCC2)cc1)c1nnc2ccccn12. The molecular formula is C22H27N5O3S2. The first-order chi connectivity index (χ1) is 15.5. The molecule has 1 aromatic carbocycles. The Balaban J connectivity index is 1.52. The van der Waals surface area contributed by atoms with E-state index in [1.54, 1.807) is 23.9 Å². The number of carbonyl (C=O) groups excluding carboxylic acids is 1. The number of nitrogens with one attached hydrogen (secondary N) is 1. The Labute approximate surface area is 192 Å². The molecule has 1 aliphatic rings. The van der Waals surface area contributed by atoms with E-state index in [1.807, 2.05) is 35.1 Å². The summed E-state index contributed by atoms with van der Waals surface area (Å²) in [5.41, 5.74) is 1.13. The number of hydrogen-bond donors (Lipinski definition) is 1. The number of amides is 1. The second-order valence-electron chi connectivity index (χ2n) is 7.78. The van der Waals surface area contributed by atoms with Crippen LogP contribution in [0.15, 0.2) is 53.6 Å². The van der Waals surface area contributed by atoms with E-state index in [-0.39, 0.29) is 16.8 Å². The molecule has 170 valence electrons. The summed E-state index contributed by atoms with van der Waals surface area (Å²) in [6, 6.07) is 11.5. The highest BCUT2D eigenvalue weighted by atomic mass is 32.2. The molecule has 3 aromatic rings. The Morgan fingerprint density at radius 2 is 1.84 bits per heavy atom. The van der Waals surface area contributed by atoms with Crippen molar-refractivity contribution in [2.75, 3.05) is 25.1 Å². The zero-order valence-corrected chi connectivity index (χ0v) is 19.6. The molecule has 0 unspecified atom stereocenters. The van der Waals surface area contributed by atoms with Crippen LogP contribution in [0.2, 0.25) is 0 Å². The van der Waals surface area contributed by atoms with Crippen LogP contribution in [0.3, 0.4) is 0 Å². The Morgan fingerprint density at radius 1 is 1.09 bits per heavy atom. The van der Waals surface area contributed by atoms with Crippen LogP contribution < -0.4 is 5.32 Å². The molecule has 0 radical (unpaired) electrons. The first kappa shape index (κ1) is 22.8. The van der Waals surface area contributed by atoms with Gasteiger partial charge in [-0.25, -0.2) is 8.42 Å². The van der Waals surface area contributed by atoms with Gasteiger partial charge in [0.15, 0.2) is 11.5 Å². The van der Waals surface area contributed by atoms with Crippen LogP contribution >= 0.6 is 11.8 Å². The van der Waals surface area contributed by atoms with Crippen LogP contribution in [0.25, 0.3) is 5.65 Å². The minimum atomic E-state index is -3.52. The number of carbonyl (C=O) groups is 1. The van der Waals surface area contributed by atoms with Crippen LogP contribution in [0, 0.1) is 0 Å². The number of aromatic nitrogens is 3. The van der Waals surface area contributed by atoms with E-state index in [9.17, 15) is 13.2 Å². The van der Waals surface area contributed by atoms with E-state index >= 15 is 0 Å². The third-order valence-electron chi connectivity index (χ3n) is 5.64. The lowest BCUT2D eigenvalue weighted by Gasteiger charge is -2.25. The topological polar surface area (TPSA) is 96.7 Å². The second-order valence-corrected chi connectivity index (χ2v) is 10.7. The van der Waals surface area contributed by atoms with Gasteiger partial charge in [0.1, 0.15) is 0 Å². The number of sulfonamides is 1. The van der Waals surface area contributed by atoms with Gasteiger partial charge in [-0.3, -0.25) is 9.20 Å². The molecule has 1 amide bonds. The lowest BCUT2D eigenvalue weighted by atomic mass is 10.1. The largest absolute Gasteiger partial charge is 0.342 e. The average Bonchev–Trinajstić information content (AvgIpc) is 3.26. The summed E-state index contributed by atoms with van der Waals surface area (Å²) in [4.78, 5) is 13.2. The van der Waals surface area contributed by atoms with Crippen molar-refractivity contribution in [3.8, 4) is 0 Å². The predicted octanol–water partition coefficient (Wildman–Crippen LogP) is 3.13. The van der Waals surface area contributed by atoms with E-state index in [1.165, 1.54) is 16.4 Å². The van der Waals surface area contributed by atoms with Gasteiger partial charge in [0.05, 0.1) is 10.9 Å². The van der Waals surface area contributed by atoms with Crippen molar-refractivity contribution in [1.29, 1.82) is 0 Å². The van der Waals surface area contributed by atoms with Crippen LogP contribution in [0.4, 0.5) is 0 Å². The number of piperidine rings is 1. The zero-order chi connectivity index (χ0) is 22.6. The Bertz CT molecular complexity index is 1170. The molecule has 10 heteroatoms. The standard InChI is InChI=1S/C22H27N5O3S2/c1-31-16-12-19(21-25-24-20-7-3-6-15-27(20)21)23-22(28)17-8-10-18(11-9-17)32(29,30)26-13-4-2-5-14-26/h3,6-11,15,19H,2,4-5,12-14,16H2,1H3,(H,23,28)/t19-/m1/s1. The van der Waals surface area contributed by atoms with Crippen molar-refractivity contribution < 1.29 is 13.2 Å². The minimum absolute atomic E-state index is 0.221. The molecule has 1 saturated heterocycles. The summed E-state index contributed by atoms with van der Waals surface area (Å²) in [6.07, 6.45) is 7.42. The van der Waals surface area contributed by atoms with Crippen LogP contribution in [-0.4, -0.2) is 58.3 Å². The van der Waals surface area contributed by atoms with Gasteiger partial charge in [-0.05, 0) is 67.7 Å². The first-order valence-electron chi connectivity index (χ1n) is 10.7. The molecule has 0 saturated carbocycles. The summed E-state index contributed by atoms with van der Waals surface area (Å²) in [6.45, 7) is 1.10. The van der Waals surface area contributed by atoms with Gasteiger partial charge in [0, 0.05) is 24.8 Å². The maximum atomic E-state index is 13.0. The lowest BCUT2D eigenvalue weighted by Crippen LogP contribution is -2.35. The molecular weight excluding hydrogens is 446 g/mol. The molecule has 0 bridgehead atoms. The Kier molecular flexibility index (Phi) is 7.12. The van der Waals surface area contributed by atoms with Gasteiger partial charge >= 0.3 is 0 Å². The smallest absolute Gasteiger partial charge is 0.251 e. The van der Waals surface area contributed by atoms with Crippen molar-refractivity contribution >= 4 is 33.3 Å². The van der Waals surface area contributed by atoms with E-state index in [4.69, 9.17) is 0 Å². The van der Waals surface area contributed by atoms with Gasteiger partial charge in [-0.15, -0.1) is 10.2 Å². The maximum absolute atomic E-state index is 13.0. The molecule has 0 aliphatic carbocycles. The van der Waals surface area contributed by atoms with Crippen molar-refractivity contribution in [1.82, 2.24) is 24.2 Å². The van der Waals surface area contributed by atoms with Crippen LogP contribution in [-0.2, 0) is 10.0 Å².